The first-order chi connectivity index (χ1) is 7.68. The van der Waals surface area contributed by atoms with Crippen LogP contribution in [0, 0.1) is 0 Å². The van der Waals surface area contributed by atoms with Gasteiger partial charge in [0.05, 0.1) is 10.0 Å². The Morgan fingerprint density at radius 1 is 0.938 bits per heavy atom. The molecule has 2 aromatic rings. The van der Waals surface area contributed by atoms with Gasteiger partial charge in [-0.05, 0) is 22.8 Å². The zero-order valence-corrected chi connectivity index (χ0v) is 10.5. The number of fused-ring (bicyclic) bond motifs is 3. The second-order valence-electron chi connectivity index (χ2n) is 3.84. The van der Waals surface area contributed by atoms with Gasteiger partial charge in [-0.2, -0.15) is 0 Å². The van der Waals surface area contributed by atoms with Crippen molar-refractivity contribution in [3.63, 3.8) is 0 Å². The summed E-state index contributed by atoms with van der Waals surface area (Å²) in [5.74, 6) is 0. The van der Waals surface area contributed by atoms with Crippen LogP contribution in [0.3, 0.4) is 0 Å². The van der Waals surface area contributed by atoms with Gasteiger partial charge < -0.3 is 0 Å². The molecule has 16 heavy (non-hydrogen) atoms. The van der Waals surface area contributed by atoms with Gasteiger partial charge in [-0.25, -0.2) is 0 Å². The van der Waals surface area contributed by atoms with E-state index in [1.165, 1.54) is 5.56 Å². The van der Waals surface area contributed by atoms with E-state index in [0.29, 0.717) is 15.1 Å². The third-order valence-electron chi connectivity index (χ3n) is 2.93. The van der Waals surface area contributed by atoms with Crippen LogP contribution in [0.1, 0.15) is 11.1 Å². The molecule has 0 nitrogen and oxygen atoms in total. The van der Waals surface area contributed by atoms with Crippen LogP contribution >= 0.6 is 34.8 Å². The Labute approximate surface area is 109 Å². The first kappa shape index (κ1) is 10.5. The van der Waals surface area contributed by atoms with Gasteiger partial charge in [0, 0.05) is 17.0 Å². The molecule has 0 N–H and O–H groups in total. The van der Waals surface area contributed by atoms with Gasteiger partial charge >= 0.3 is 0 Å². The molecule has 0 aromatic heterocycles. The Morgan fingerprint density at radius 2 is 1.69 bits per heavy atom. The van der Waals surface area contributed by atoms with Crippen LogP contribution in [0.2, 0.25) is 15.1 Å². The molecule has 3 heteroatoms. The highest BCUT2D eigenvalue weighted by atomic mass is 35.5. The highest BCUT2D eigenvalue weighted by molar-refractivity contribution is 6.45. The van der Waals surface area contributed by atoms with Gasteiger partial charge in [-0.1, -0.05) is 59.1 Å². The number of benzene rings is 2. The maximum Gasteiger partial charge on any atom is 0.0674 e. The maximum absolute atomic E-state index is 6.25. The lowest BCUT2D eigenvalue weighted by atomic mass is 10.1. The van der Waals surface area contributed by atoms with E-state index >= 15 is 0 Å². The van der Waals surface area contributed by atoms with Crippen molar-refractivity contribution in [1.82, 2.24) is 0 Å². The third kappa shape index (κ3) is 1.37. The molecule has 0 aliphatic heterocycles. The molecule has 80 valence electrons. The number of hydrogen-bond acceptors (Lipinski definition) is 0. The maximum atomic E-state index is 6.25. The Bertz CT molecular complexity index is 588. The van der Waals surface area contributed by atoms with Crippen molar-refractivity contribution in [2.45, 2.75) is 6.42 Å². The molecule has 1 aliphatic rings. The van der Waals surface area contributed by atoms with Crippen molar-refractivity contribution in [2.24, 2.45) is 0 Å². The summed E-state index contributed by atoms with van der Waals surface area (Å²) in [6.45, 7) is 0. The highest BCUT2D eigenvalue weighted by Crippen LogP contribution is 2.46. The van der Waals surface area contributed by atoms with Crippen molar-refractivity contribution in [3.8, 4) is 11.1 Å². The van der Waals surface area contributed by atoms with Crippen LogP contribution in [0.4, 0.5) is 0 Å². The van der Waals surface area contributed by atoms with Gasteiger partial charge in [-0.3, -0.25) is 0 Å². The van der Waals surface area contributed by atoms with E-state index in [1.807, 2.05) is 12.1 Å². The van der Waals surface area contributed by atoms with Gasteiger partial charge in [0.2, 0.25) is 0 Å². The van der Waals surface area contributed by atoms with E-state index in [9.17, 15) is 0 Å². The molecule has 0 fully saturated rings. The van der Waals surface area contributed by atoms with Gasteiger partial charge in [0.25, 0.3) is 0 Å². The summed E-state index contributed by atoms with van der Waals surface area (Å²) in [5.41, 5.74) is 4.47. The van der Waals surface area contributed by atoms with Crippen molar-refractivity contribution in [3.05, 3.63) is 56.5 Å². The largest absolute Gasteiger partial charge is 0.0839 e. The molecule has 0 spiro atoms. The summed E-state index contributed by atoms with van der Waals surface area (Å²) in [7, 11) is 0. The quantitative estimate of drug-likeness (QED) is 0.491. The molecule has 0 saturated carbocycles. The summed E-state index contributed by atoms with van der Waals surface area (Å²) >= 11 is 18.5. The Hall–Kier alpha value is -0.690. The predicted octanol–water partition coefficient (Wildman–Crippen LogP) is 5.22. The van der Waals surface area contributed by atoms with Crippen LogP contribution in [-0.4, -0.2) is 0 Å². The summed E-state index contributed by atoms with van der Waals surface area (Å²) in [6, 6.07) is 9.89. The van der Waals surface area contributed by atoms with Gasteiger partial charge in [0.1, 0.15) is 0 Å². The molecule has 0 unspecified atom stereocenters. The molecule has 2 aromatic carbocycles. The second-order valence-corrected chi connectivity index (χ2v) is 5.03. The van der Waals surface area contributed by atoms with E-state index in [-0.39, 0.29) is 0 Å². The van der Waals surface area contributed by atoms with E-state index in [1.54, 1.807) is 6.07 Å². The SMILES string of the molecule is Clc1cc(Cl)c2c(c1Cl)-c1ccccc1C2. The Morgan fingerprint density at radius 3 is 2.50 bits per heavy atom. The average molecular weight is 270 g/mol. The first-order valence-electron chi connectivity index (χ1n) is 4.93. The molecule has 0 amide bonds. The highest BCUT2D eigenvalue weighted by Gasteiger charge is 2.24. The molecule has 0 radical (unpaired) electrons. The van der Waals surface area contributed by atoms with Crippen LogP contribution < -0.4 is 0 Å². The average Bonchev–Trinajstić information content (AvgIpc) is 2.66. The lowest BCUT2D eigenvalue weighted by Gasteiger charge is -2.07. The van der Waals surface area contributed by atoms with E-state index < -0.39 is 0 Å². The molecular formula is C13H7Cl3. The zero-order valence-electron chi connectivity index (χ0n) is 8.23. The molecule has 3 rings (SSSR count). The fourth-order valence-corrected chi connectivity index (χ4v) is 3.00. The van der Waals surface area contributed by atoms with E-state index in [4.69, 9.17) is 34.8 Å². The topological polar surface area (TPSA) is 0 Å². The lowest BCUT2D eigenvalue weighted by Crippen LogP contribution is -1.84. The van der Waals surface area contributed by atoms with Crippen LogP contribution in [0.15, 0.2) is 30.3 Å². The molecule has 0 heterocycles. The fraction of sp³-hybridized carbons (Fsp3) is 0.0769. The number of halogens is 3. The molecule has 1 aliphatic carbocycles. The minimum Gasteiger partial charge on any atom is -0.0839 e. The molecule has 0 bridgehead atoms. The van der Waals surface area contributed by atoms with Crippen molar-refractivity contribution < 1.29 is 0 Å². The van der Waals surface area contributed by atoms with Crippen LogP contribution in [-0.2, 0) is 6.42 Å². The molecule has 0 atom stereocenters. The third-order valence-corrected chi connectivity index (χ3v) is 4.05. The summed E-state index contributed by atoms with van der Waals surface area (Å²) in [5, 5.41) is 1.81. The second kappa shape index (κ2) is 3.66. The van der Waals surface area contributed by atoms with Gasteiger partial charge in [0.15, 0.2) is 0 Å². The number of hydrogen-bond donors (Lipinski definition) is 0. The smallest absolute Gasteiger partial charge is 0.0674 e. The fourth-order valence-electron chi connectivity index (χ4n) is 2.20. The molecular weight excluding hydrogens is 263 g/mol. The van der Waals surface area contributed by atoms with Crippen LogP contribution in [0.5, 0.6) is 0 Å². The Kier molecular flexibility index (Phi) is 2.39. The van der Waals surface area contributed by atoms with Gasteiger partial charge in [-0.15, -0.1) is 0 Å². The van der Waals surface area contributed by atoms with Crippen molar-refractivity contribution in [1.29, 1.82) is 0 Å². The van der Waals surface area contributed by atoms with Crippen LogP contribution in [0.25, 0.3) is 11.1 Å². The molecule has 0 saturated heterocycles. The normalized spacial score (nSPS) is 12.4. The summed E-state index contributed by atoms with van der Waals surface area (Å²) in [4.78, 5) is 0. The zero-order chi connectivity index (χ0) is 11.3. The van der Waals surface area contributed by atoms with E-state index in [2.05, 4.69) is 12.1 Å². The lowest BCUT2D eigenvalue weighted by molar-refractivity contribution is 1.26. The van der Waals surface area contributed by atoms with Crippen molar-refractivity contribution >= 4 is 34.8 Å². The Balaban J connectivity index is 2.39. The summed E-state index contributed by atoms with van der Waals surface area (Å²) in [6.07, 6.45) is 0.835. The monoisotopic (exact) mass is 268 g/mol. The minimum atomic E-state index is 0.516. The predicted molar refractivity (Wildman–Crippen MR) is 69.7 cm³/mol. The first-order valence-corrected chi connectivity index (χ1v) is 6.06. The van der Waals surface area contributed by atoms with Crippen molar-refractivity contribution in [2.75, 3.05) is 0 Å². The van der Waals surface area contributed by atoms with E-state index in [0.717, 1.165) is 23.1 Å². The number of rotatable bonds is 0. The summed E-state index contributed by atoms with van der Waals surface area (Å²) < 4.78 is 0. The minimum absolute atomic E-state index is 0.516. The standard InChI is InChI=1S/C13H7Cl3/c14-10-6-11(15)13(16)12-8-4-2-1-3-7(8)5-9(10)12/h1-4,6H,5H2.